The van der Waals surface area contributed by atoms with Crippen LogP contribution in [0.1, 0.15) is 30.0 Å². The largest absolute Gasteiger partial charge is 0.367 e. The number of hydrogen-bond donors (Lipinski definition) is 1. The van der Waals surface area contributed by atoms with Gasteiger partial charge in [0, 0.05) is 18.9 Å². The van der Waals surface area contributed by atoms with Crippen molar-refractivity contribution in [2.45, 2.75) is 26.3 Å². The molecule has 0 saturated carbocycles. The Balaban J connectivity index is 1.90. The number of anilines is 1. The van der Waals surface area contributed by atoms with Gasteiger partial charge in [0.1, 0.15) is 11.9 Å². The van der Waals surface area contributed by atoms with Crippen LogP contribution in [0.3, 0.4) is 0 Å². The van der Waals surface area contributed by atoms with Crippen LogP contribution in [0.4, 0.5) is 5.82 Å². The lowest BCUT2D eigenvalue weighted by atomic mass is 10.1. The molecule has 0 bridgehead atoms. The monoisotopic (exact) mass is 341 g/mol. The van der Waals surface area contributed by atoms with E-state index in [9.17, 15) is 5.26 Å². The standard InChI is InChI=1S/C21H19N5/c1-2-6-16-11-20(24-14-15-7-5-10-23-13-15)26-19-9-4-3-8-18(19)25-21(26)17(16)12-22/h3-5,7-11,13,24H,2,6,14H2,1H3. The minimum Gasteiger partial charge on any atom is -0.367 e. The number of nitrogens with zero attached hydrogens (tertiary/aromatic N) is 4. The molecule has 0 aliphatic carbocycles. The van der Waals surface area contributed by atoms with E-state index in [1.54, 1.807) is 6.20 Å². The van der Waals surface area contributed by atoms with Crippen LogP contribution < -0.4 is 5.32 Å². The average Bonchev–Trinajstić information content (AvgIpc) is 3.07. The SMILES string of the molecule is CCCc1cc(NCc2cccnc2)n2c(nc3ccccc32)c1C#N. The highest BCUT2D eigenvalue weighted by atomic mass is 15.1. The summed E-state index contributed by atoms with van der Waals surface area (Å²) in [6.45, 7) is 2.78. The summed E-state index contributed by atoms with van der Waals surface area (Å²) in [6.07, 6.45) is 5.45. The van der Waals surface area contributed by atoms with Crippen LogP contribution >= 0.6 is 0 Å². The van der Waals surface area contributed by atoms with Gasteiger partial charge in [0.2, 0.25) is 0 Å². The number of rotatable bonds is 5. The van der Waals surface area contributed by atoms with Crippen molar-refractivity contribution in [3.63, 3.8) is 0 Å². The van der Waals surface area contributed by atoms with Gasteiger partial charge in [-0.25, -0.2) is 4.98 Å². The van der Waals surface area contributed by atoms with E-state index in [1.165, 1.54) is 0 Å². The highest BCUT2D eigenvalue weighted by molar-refractivity contribution is 5.85. The van der Waals surface area contributed by atoms with Crippen molar-refractivity contribution >= 4 is 22.5 Å². The lowest BCUT2D eigenvalue weighted by Gasteiger charge is -2.13. The molecule has 5 heteroatoms. The van der Waals surface area contributed by atoms with Crippen LogP contribution in [0.15, 0.2) is 54.9 Å². The van der Waals surface area contributed by atoms with Crippen molar-refractivity contribution in [3.8, 4) is 6.07 Å². The third kappa shape index (κ3) is 2.76. The minimum absolute atomic E-state index is 0.660. The van der Waals surface area contributed by atoms with Crippen LogP contribution in [0.5, 0.6) is 0 Å². The van der Waals surface area contributed by atoms with Crippen molar-refractivity contribution in [2.75, 3.05) is 5.32 Å². The molecule has 5 nitrogen and oxygen atoms in total. The number of hydrogen-bond acceptors (Lipinski definition) is 4. The molecule has 26 heavy (non-hydrogen) atoms. The Labute approximate surface area is 151 Å². The fourth-order valence-electron chi connectivity index (χ4n) is 3.30. The van der Waals surface area contributed by atoms with E-state index in [0.29, 0.717) is 17.8 Å². The second-order valence-corrected chi connectivity index (χ2v) is 6.27. The molecule has 0 amide bonds. The number of para-hydroxylation sites is 2. The number of aryl methyl sites for hydroxylation is 1. The molecule has 0 unspecified atom stereocenters. The van der Waals surface area contributed by atoms with E-state index in [-0.39, 0.29) is 0 Å². The van der Waals surface area contributed by atoms with Gasteiger partial charge in [0.25, 0.3) is 0 Å². The van der Waals surface area contributed by atoms with Gasteiger partial charge in [-0.2, -0.15) is 5.26 Å². The van der Waals surface area contributed by atoms with Gasteiger partial charge in [-0.1, -0.05) is 31.5 Å². The molecule has 0 aliphatic rings. The Morgan fingerprint density at radius 3 is 2.85 bits per heavy atom. The van der Waals surface area contributed by atoms with E-state index < -0.39 is 0 Å². The number of aromatic nitrogens is 3. The first-order valence-corrected chi connectivity index (χ1v) is 8.77. The van der Waals surface area contributed by atoms with Crippen molar-refractivity contribution in [2.24, 2.45) is 0 Å². The minimum atomic E-state index is 0.660. The molecule has 0 saturated heterocycles. The van der Waals surface area contributed by atoms with Gasteiger partial charge in [-0.15, -0.1) is 0 Å². The molecule has 3 heterocycles. The van der Waals surface area contributed by atoms with E-state index in [0.717, 1.165) is 40.8 Å². The summed E-state index contributed by atoms with van der Waals surface area (Å²) in [5, 5.41) is 13.2. The predicted molar refractivity (Wildman–Crippen MR) is 103 cm³/mol. The summed E-state index contributed by atoms with van der Waals surface area (Å²) in [5.41, 5.74) is 5.40. The summed E-state index contributed by atoms with van der Waals surface area (Å²) < 4.78 is 2.05. The van der Waals surface area contributed by atoms with Gasteiger partial charge >= 0.3 is 0 Å². The normalized spacial score (nSPS) is 10.9. The highest BCUT2D eigenvalue weighted by Crippen LogP contribution is 2.28. The number of pyridine rings is 2. The fourth-order valence-corrected chi connectivity index (χ4v) is 3.30. The predicted octanol–water partition coefficient (Wildman–Crippen LogP) is 4.32. The van der Waals surface area contributed by atoms with Crippen LogP contribution in [0, 0.1) is 11.3 Å². The molecule has 0 spiro atoms. The summed E-state index contributed by atoms with van der Waals surface area (Å²) in [6, 6.07) is 16.4. The smallest absolute Gasteiger partial charge is 0.157 e. The van der Waals surface area contributed by atoms with Gasteiger partial charge in [0.05, 0.1) is 16.6 Å². The lowest BCUT2D eigenvalue weighted by molar-refractivity contribution is 0.913. The topological polar surface area (TPSA) is 66.0 Å². The maximum atomic E-state index is 9.74. The molecule has 0 radical (unpaired) electrons. The van der Waals surface area contributed by atoms with Crippen LogP contribution in [0.2, 0.25) is 0 Å². The summed E-state index contributed by atoms with van der Waals surface area (Å²) >= 11 is 0. The first-order valence-electron chi connectivity index (χ1n) is 8.77. The second-order valence-electron chi connectivity index (χ2n) is 6.27. The van der Waals surface area contributed by atoms with Gasteiger partial charge in [-0.05, 0) is 41.8 Å². The molecule has 128 valence electrons. The van der Waals surface area contributed by atoms with Gasteiger partial charge < -0.3 is 5.32 Å². The molecule has 0 atom stereocenters. The third-order valence-corrected chi connectivity index (χ3v) is 4.48. The van der Waals surface area contributed by atoms with E-state index in [1.807, 2.05) is 47.0 Å². The van der Waals surface area contributed by atoms with Gasteiger partial charge in [0.15, 0.2) is 5.65 Å². The molecule has 4 rings (SSSR count). The Kier molecular flexibility index (Phi) is 4.24. The first-order chi connectivity index (χ1) is 12.8. The molecule has 1 N–H and O–H groups in total. The Morgan fingerprint density at radius 2 is 2.08 bits per heavy atom. The third-order valence-electron chi connectivity index (χ3n) is 4.48. The molecular weight excluding hydrogens is 322 g/mol. The van der Waals surface area contributed by atoms with Gasteiger partial charge in [-0.3, -0.25) is 9.38 Å². The van der Waals surface area contributed by atoms with Crippen molar-refractivity contribution < 1.29 is 0 Å². The van der Waals surface area contributed by atoms with E-state index >= 15 is 0 Å². The zero-order chi connectivity index (χ0) is 17.9. The first kappa shape index (κ1) is 16.1. The summed E-state index contributed by atoms with van der Waals surface area (Å²) in [7, 11) is 0. The number of fused-ring (bicyclic) bond motifs is 3. The Morgan fingerprint density at radius 1 is 1.19 bits per heavy atom. The average molecular weight is 341 g/mol. The van der Waals surface area contributed by atoms with Crippen LogP contribution in [-0.2, 0) is 13.0 Å². The fraction of sp³-hybridized carbons (Fsp3) is 0.190. The summed E-state index contributed by atoms with van der Waals surface area (Å²) in [5.74, 6) is 0.944. The number of imidazole rings is 1. The summed E-state index contributed by atoms with van der Waals surface area (Å²) in [4.78, 5) is 8.90. The van der Waals surface area contributed by atoms with Crippen molar-refractivity contribution in [1.29, 1.82) is 5.26 Å². The van der Waals surface area contributed by atoms with Crippen molar-refractivity contribution in [1.82, 2.24) is 14.4 Å². The number of nitrogens with one attached hydrogen (secondary N) is 1. The van der Waals surface area contributed by atoms with E-state index in [4.69, 9.17) is 4.98 Å². The quantitative estimate of drug-likeness (QED) is 0.587. The highest BCUT2D eigenvalue weighted by Gasteiger charge is 2.16. The molecule has 1 aromatic carbocycles. The zero-order valence-electron chi connectivity index (χ0n) is 14.6. The molecule has 0 fully saturated rings. The molecule has 0 aliphatic heterocycles. The zero-order valence-corrected chi connectivity index (χ0v) is 14.6. The molecular formula is C21H19N5. The maximum Gasteiger partial charge on any atom is 0.157 e. The lowest BCUT2D eigenvalue weighted by Crippen LogP contribution is -2.07. The Bertz CT molecular complexity index is 1110. The van der Waals surface area contributed by atoms with E-state index in [2.05, 4.69) is 29.4 Å². The Hall–Kier alpha value is -3.39. The van der Waals surface area contributed by atoms with Crippen molar-refractivity contribution in [3.05, 3.63) is 71.5 Å². The molecule has 4 aromatic rings. The van der Waals surface area contributed by atoms with Crippen LogP contribution in [-0.4, -0.2) is 14.4 Å². The number of benzene rings is 1. The van der Waals surface area contributed by atoms with Crippen LogP contribution in [0.25, 0.3) is 16.7 Å². The number of nitriles is 1. The second kappa shape index (κ2) is 6.85. The maximum absolute atomic E-state index is 9.74. The molecule has 3 aromatic heterocycles.